The lowest BCUT2D eigenvalue weighted by Gasteiger charge is -2.23. The molecule has 5 heteroatoms. The molecule has 0 fully saturated rings. The summed E-state index contributed by atoms with van der Waals surface area (Å²) in [5, 5.41) is 0. The zero-order valence-electron chi connectivity index (χ0n) is 11.9. The minimum Gasteiger partial charge on any atom is -0.399 e. The van der Waals surface area contributed by atoms with E-state index in [1.807, 2.05) is 24.3 Å². The number of ether oxygens (including phenoxy) is 1. The van der Waals surface area contributed by atoms with Crippen LogP contribution in [0.3, 0.4) is 0 Å². The normalized spacial score (nSPS) is 10.7. The number of hydrogen-bond donors (Lipinski definition) is 1. The van der Waals surface area contributed by atoms with Gasteiger partial charge in [-0.3, -0.25) is 9.69 Å². The van der Waals surface area contributed by atoms with Crippen molar-refractivity contribution in [3.8, 4) is 0 Å². The summed E-state index contributed by atoms with van der Waals surface area (Å²) in [5.41, 5.74) is 7.60. The van der Waals surface area contributed by atoms with Crippen LogP contribution in [0.5, 0.6) is 0 Å². The van der Waals surface area contributed by atoms with Gasteiger partial charge in [-0.1, -0.05) is 12.1 Å². The van der Waals surface area contributed by atoms with Gasteiger partial charge in [-0.15, -0.1) is 0 Å². The molecule has 1 aromatic carbocycles. The second kappa shape index (κ2) is 7.76. The summed E-state index contributed by atoms with van der Waals surface area (Å²) >= 11 is 0. The molecule has 1 aromatic rings. The maximum Gasteiger partial charge on any atom is 0.236 e. The van der Waals surface area contributed by atoms with Gasteiger partial charge in [0, 0.05) is 40.0 Å². The van der Waals surface area contributed by atoms with Gasteiger partial charge >= 0.3 is 0 Å². The number of amides is 1. The fraction of sp³-hybridized carbons (Fsp3) is 0.500. The van der Waals surface area contributed by atoms with Crippen molar-refractivity contribution >= 4 is 11.6 Å². The van der Waals surface area contributed by atoms with E-state index in [9.17, 15) is 4.79 Å². The third-order valence-electron chi connectivity index (χ3n) is 2.83. The standard InChI is InChI=1S/C14H23N3O2/c1-16(2)14(18)11-17(7-8-19-3)10-12-5-4-6-13(15)9-12/h4-6,9H,7-8,10-11,15H2,1-3H3. The van der Waals surface area contributed by atoms with E-state index in [4.69, 9.17) is 10.5 Å². The fourth-order valence-electron chi connectivity index (χ4n) is 1.72. The summed E-state index contributed by atoms with van der Waals surface area (Å²) in [6.07, 6.45) is 0. The lowest BCUT2D eigenvalue weighted by atomic mass is 10.2. The molecule has 1 amide bonds. The molecule has 0 radical (unpaired) electrons. The van der Waals surface area contributed by atoms with E-state index in [2.05, 4.69) is 4.90 Å². The van der Waals surface area contributed by atoms with Crippen LogP contribution in [-0.4, -0.2) is 56.6 Å². The molecule has 0 aliphatic heterocycles. The number of carbonyl (C=O) groups excluding carboxylic acids is 1. The molecule has 0 saturated heterocycles. The van der Waals surface area contributed by atoms with Gasteiger partial charge in [0.05, 0.1) is 13.2 Å². The van der Waals surface area contributed by atoms with Crippen LogP contribution < -0.4 is 5.73 Å². The minimum atomic E-state index is 0.0833. The van der Waals surface area contributed by atoms with Crippen molar-refractivity contribution in [2.45, 2.75) is 6.54 Å². The Morgan fingerprint density at radius 3 is 2.68 bits per heavy atom. The molecule has 0 unspecified atom stereocenters. The highest BCUT2D eigenvalue weighted by Gasteiger charge is 2.12. The first-order valence-corrected chi connectivity index (χ1v) is 6.28. The van der Waals surface area contributed by atoms with Crippen LogP contribution >= 0.6 is 0 Å². The van der Waals surface area contributed by atoms with E-state index < -0.39 is 0 Å². The Bertz CT molecular complexity index is 407. The largest absolute Gasteiger partial charge is 0.399 e. The molecular formula is C14H23N3O2. The number of nitrogen functional groups attached to an aromatic ring is 1. The quantitative estimate of drug-likeness (QED) is 0.741. The van der Waals surface area contributed by atoms with Crippen LogP contribution in [0.25, 0.3) is 0 Å². The van der Waals surface area contributed by atoms with Gasteiger partial charge in [-0.2, -0.15) is 0 Å². The molecule has 0 aromatic heterocycles. The van der Waals surface area contributed by atoms with Crippen LogP contribution in [-0.2, 0) is 16.1 Å². The van der Waals surface area contributed by atoms with E-state index in [0.29, 0.717) is 26.2 Å². The smallest absolute Gasteiger partial charge is 0.236 e. The van der Waals surface area contributed by atoms with Crippen LogP contribution in [0, 0.1) is 0 Å². The summed E-state index contributed by atoms with van der Waals surface area (Å²) in [4.78, 5) is 15.4. The maximum atomic E-state index is 11.8. The van der Waals surface area contributed by atoms with Crippen LogP contribution in [0.2, 0.25) is 0 Å². The topological polar surface area (TPSA) is 58.8 Å². The number of benzene rings is 1. The summed E-state index contributed by atoms with van der Waals surface area (Å²) in [6.45, 7) is 2.38. The minimum absolute atomic E-state index is 0.0833. The van der Waals surface area contributed by atoms with Crippen LogP contribution in [0.4, 0.5) is 5.69 Å². The maximum absolute atomic E-state index is 11.8. The van der Waals surface area contributed by atoms with Gasteiger partial charge in [-0.25, -0.2) is 0 Å². The Labute approximate surface area is 114 Å². The second-order valence-electron chi connectivity index (χ2n) is 4.74. The number of anilines is 1. The predicted octanol–water partition coefficient (Wildman–Crippen LogP) is 0.805. The van der Waals surface area contributed by atoms with Gasteiger partial charge in [0.1, 0.15) is 0 Å². The molecule has 0 atom stereocenters. The Morgan fingerprint density at radius 2 is 2.11 bits per heavy atom. The van der Waals surface area contributed by atoms with E-state index >= 15 is 0 Å². The molecule has 0 spiro atoms. The molecule has 5 nitrogen and oxygen atoms in total. The second-order valence-corrected chi connectivity index (χ2v) is 4.74. The highest BCUT2D eigenvalue weighted by molar-refractivity contribution is 5.77. The van der Waals surface area contributed by atoms with Crippen molar-refractivity contribution < 1.29 is 9.53 Å². The Hall–Kier alpha value is -1.59. The average Bonchev–Trinajstić information content (AvgIpc) is 2.35. The zero-order chi connectivity index (χ0) is 14.3. The number of nitrogens with zero attached hydrogens (tertiary/aromatic N) is 2. The monoisotopic (exact) mass is 265 g/mol. The van der Waals surface area contributed by atoms with E-state index in [1.54, 1.807) is 26.1 Å². The molecule has 1 rings (SSSR count). The lowest BCUT2D eigenvalue weighted by Crippen LogP contribution is -2.37. The number of rotatable bonds is 7. The summed E-state index contributed by atoms with van der Waals surface area (Å²) in [7, 11) is 5.18. The molecule has 0 aliphatic carbocycles. The summed E-state index contributed by atoms with van der Waals surface area (Å²) in [5.74, 6) is 0.0833. The van der Waals surface area contributed by atoms with Gasteiger partial charge in [0.25, 0.3) is 0 Å². The Kier molecular flexibility index (Phi) is 6.32. The Balaban J connectivity index is 2.65. The van der Waals surface area contributed by atoms with Crippen molar-refractivity contribution in [2.24, 2.45) is 0 Å². The van der Waals surface area contributed by atoms with Crippen molar-refractivity contribution in [1.29, 1.82) is 0 Å². The molecule has 0 saturated carbocycles. The van der Waals surface area contributed by atoms with Crippen molar-refractivity contribution in [2.75, 3.05) is 46.6 Å². The van der Waals surface area contributed by atoms with E-state index in [1.165, 1.54) is 0 Å². The highest BCUT2D eigenvalue weighted by Crippen LogP contribution is 2.09. The van der Waals surface area contributed by atoms with Gasteiger partial charge in [0.15, 0.2) is 0 Å². The van der Waals surface area contributed by atoms with E-state index in [-0.39, 0.29) is 5.91 Å². The molecule has 0 heterocycles. The molecule has 19 heavy (non-hydrogen) atoms. The number of hydrogen-bond acceptors (Lipinski definition) is 4. The van der Waals surface area contributed by atoms with Crippen molar-refractivity contribution in [3.63, 3.8) is 0 Å². The van der Waals surface area contributed by atoms with Crippen LogP contribution in [0.15, 0.2) is 24.3 Å². The number of carbonyl (C=O) groups is 1. The average molecular weight is 265 g/mol. The first-order chi connectivity index (χ1) is 9.02. The predicted molar refractivity (Wildman–Crippen MR) is 76.7 cm³/mol. The third kappa shape index (κ3) is 5.72. The van der Waals surface area contributed by atoms with Crippen molar-refractivity contribution in [1.82, 2.24) is 9.80 Å². The SMILES string of the molecule is COCCN(CC(=O)N(C)C)Cc1cccc(N)c1. The molecule has 0 bridgehead atoms. The van der Waals surface area contributed by atoms with Gasteiger partial charge in [-0.05, 0) is 17.7 Å². The number of methoxy groups -OCH3 is 1. The number of likely N-dealkylation sites (N-methyl/N-ethyl adjacent to an activating group) is 1. The van der Waals surface area contributed by atoms with Crippen molar-refractivity contribution in [3.05, 3.63) is 29.8 Å². The Morgan fingerprint density at radius 1 is 1.37 bits per heavy atom. The lowest BCUT2D eigenvalue weighted by molar-refractivity contribution is -0.130. The molecular weight excluding hydrogens is 242 g/mol. The summed E-state index contributed by atoms with van der Waals surface area (Å²) in [6, 6.07) is 7.72. The first-order valence-electron chi connectivity index (χ1n) is 6.28. The third-order valence-corrected chi connectivity index (χ3v) is 2.83. The highest BCUT2D eigenvalue weighted by atomic mass is 16.5. The molecule has 2 N–H and O–H groups in total. The zero-order valence-corrected chi connectivity index (χ0v) is 11.9. The summed E-state index contributed by atoms with van der Waals surface area (Å²) < 4.78 is 5.08. The fourth-order valence-corrected chi connectivity index (χ4v) is 1.72. The number of nitrogens with two attached hydrogens (primary N) is 1. The van der Waals surface area contributed by atoms with Gasteiger partial charge < -0.3 is 15.4 Å². The van der Waals surface area contributed by atoms with E-state index in [0.717, 1.165) is 11.3 Å². The molecule has 0 aliphatic rings. The van der Waals surface area contributed by atoms with Crippen LogP contribution in [0.1, 0.15) is 5.56 Å². The molecule has 106 valence electrons. The van der Waals surface area contributed by atoms with Gasteiger partial charge in [0.2, 0.25) is 5.91 Å². The first kappa shape index (κ1) is 15.5.